The minimum atomic E-state index is -0.670. The van der Waals surface area contributed by atoms with Gasteiger partial charge in [-0.25, -0.2) is 0 Å². The van der Waals surface area contributed by atoms with Crippen LogP contribution in [0, 0.1) is 17.8 Å². The van der Waals surface area contributed by atoms with Gasteiger partial charge in [0.05, 0.1) is 12.2 Å². The number of rotatable bonds is 4. The van der Waals surface area contributed by atoms with Crippen molar-refractivity contribution < 1.29 is 15.0 Å². The predicted molar refractivity (Wildman–Crippen MR) is 69.9 cm³/mol. The van der Waals surface area contributed by atoms with Crippen molar-refractivity contribution >= 4 is 5.78 Å². The molecule has 0 bridgehead atoms. The van der Waals surface area contributed by atoms with E-state index in [1.165, 1.54) is 6.42 Å². The summed E-state index contributed by atoms with van der Waals surface area (Å²) in [5, 5.41) is 19.8. The predicted octanol–water partition coefficient (Wildman–Crippen LogP) is 1.85. The lowest BCUT2D eigenvalue weighted by Gasteiger charge is -2.38. The van der Waals surface area contributed by atoms with Gasteiger partial charge in [-0.15, -0.1) is 0 Å². The third-order valence-corrected chi connectivity index (χ3v) is 4.52. The molecule has 0 aromatic carbocycles. The summed E-state index contributed by atoms with van der Waals surface area (Å²) in [4.78, 5) is 11.4. The Labute approximate surface area is 108 Å². The molecule has 18 heavy (non-hydrogen) atoms. The number of carbonyl (C=O) groups excluding carboxylic acids is 1. The molecule has 0 spiro atoms. The zero-order valence-corrected chi connectivity index (χ0v) is 10.9. The standard InChI is InChI=1S/C15H22O3/c1-3-10-4-5-12(10)13(16)7-6-11-9(2)14(17)8-15(11)18/h6-7,10-13,15-16,18H,2-5,8H2,1H3/t10?,11-,12?,13+,15-/m1/s1. The molecule has 2 aliphatic rings. The van der Waals surface area contributed by atoms with Crippen LogP contribution in [0.25, 0.3) is 0 Å². The first-order valence-electron chi connectivity index (χ1n) is 6.81. The molecule has 2 unspecified atom stereocenters. The SMILES string of the molecule is C=C1C(=O)C[C@@H](O)[C@@H]1C=C[C@H](O)C1CCC1CC. The van der Waals surface area contributed by atoms with E-state index in [1.54, 1.807) is 12.2 Å². The molecule has 3 nitrogen and oxygen atoms in total. The van der Waals surface area contributed by atoms with Gasteiger partial charge < -0.3 is 10.2 Å². The molecule has 100 valence electrons. The topological polar surface area (TPSA) is 57.5 Å². The van der Waals surface area contributed by atoms with Crippen LogP contribution in [0.15, 0.2) is 24.3 Å². The molecule has 2 saturated carbocycles. The largest absolute Gasteiger partial charge is 0.392 e. The Hall–Kier alpha value is -0.930. The van der Waals surface area contributed by atoms with Crippen LogP contribution in [-0.2, 0) is 4.79 Å². The number of ketones is 1. The number of Topliss-reactive ketones (excluding diaryl/α,β-unsaturated/α-hetero) is 1. The molecule has 0 saturated heterocycles. The van der Waals surface area contributed by atoms with E-state index >= 15 is 0 Å². The van der Waals surface area contributed by atoms with Crippen molar-refractivity contribution in [2.24, 2.45) is 17.8 Å². The first-order valence-corrected chi connectivity index (χ1v) is 6.81. The van der Waals surface area contributed by atoms with Crippen molar-refractivity contribution in [1.82, 2.24) is 0 Å². The van der Waals surface area contributed by atoms with Crippen molar-refractivity contribution in [3.05, 3.63) is 24.3 Å². The minimum absolute atomic E-state index is 0.0679. The van der Waals surface area contributed by atoms with Gasteiger partial charge in [0.2, 0.25) is 0 Å². The average Bonchev–Trinajstić information content (AvgIpc) is 2.50. The highest BCUT2D eigenvalue weighted by atomic mass is 16.3. The summed E-state index contributed by atoms with van der Waals surface area (Å²) >= 11 is 0. The highest BCUT2D eigenvalue weighted by molar-refractivity contribution is 5.98. The fraction of sp³-hybridized carbons (Fsp3) is 0.667. The molecule has 2 N–H and O–H groups in total. The Bertz CT molecular complexity index is 370. The lowest BCUT2D eigenvalue weighted by atomic mass is 9.69. The second kappa shape index (κ2) is 5.37. The number of hydrogen-bond donors (Lipinski definition) is 2. The fourth-order valence-electron chi connectivity index (χ4n) is 3.04. The highest BCUT2D eigenvalue weighted by Gasteiger charge is 2.36. The molecule has 2 fully saturated rings. The molecule has 0 radical (unpaired) electrons. The Morgan fingerprint density at radius 1 is 1.50 bits per heavy atom. The van der Waals surface area contributed by atoms with Crippen LogP contribution >= 0.6 is 0 Å². The number of hydrogen-bond acceptors (Lipinski definition) is 3. The third kappa shape index (κ3) is 2.43. The van der Waals surface area contributed by atoms with Gasteiger partial charge in [0.1, 0.15) is 0 Å². The van der Waals surface area contributed by atoms with Crippen molar-refractivity contribution in [2.45, 2.75) is 44.8 Å². The van der Waals surface area contributed by atoms with E-state index in [2.05, 4.69) is 13.5 Å². The molecule has 0 aromatic rings. The van der Waals surface area contributed by atoms with Crippen LogP contribution in [0.4, 0.5) is 0 Å². The highest BCUT2D eigenvalue weighted by Crippen LogP contribution is 2.39. The van der Waals surface area contributed by atoms with Gasteiger partial charge >= 0.3 is 0 Å². The van der Waals surface area contributed by atoms with Gasteiger partial charge in [-0.3, -0.25) is 4.79 Å². The summed E-state index contributed by atoms with van der Waals surface area (Å²) in [7, 11) is 0. The number of aliphatic hydroxyl groups excluding tert-OH is 2. The molecule has 2 rings (SSSR count). The quantitative estimate of drug-likeness (QED) is 0.591. The average molecular weight is 250 g/mol. The van der Waals surface area contributed by atoms with Crippen molar-refractivity contribution in [3.63, 3.8) is 0 Å². The van der Waals surface area contributed by atoms with Gasteiger partial charge in [-0.1, -0.05) is 32.1 Å². The molecule has 0 aromatic heterocycles. The molecule has 5 atom stereocenters. The fourth-order valence-corrected chi connectivity index (χ4v) is 3.04. The normalized spacial score (nSPS) is 38.2. The van der Waals surface area contributed by atoms with Gasteiger partial charge in [0.15, 0.2) is 5.78 Å². The molecule has 0 aliphatic heterocycles. The number of carbonyl (C=O) groups is 1. The van der Waals surface area contributed by atoms with Crippen LogP contribution < -0.4 is 0 Å². The summed E-state index contributed by atoms with van der Waals surface area (Å²) < 4.78 is 0. The van der Waals surface area contributed by atoms with Crippen molar-refractivity contribution in [1.29, 1.82) is 0 Å². The van der Waals surface area contributed by atoms with Crippen LogP contribution in [-0.4, -0.2) is 28.2 Å². The minimum Gasteiger partial charge on any atom is -0.392 e. The lowest BCUT2D eigenvalue weighted by Crippen LogP contribution is -2.34. The number of aliphatic hydroxyl groups is 2. The van der Waals surface area contributed by atoms with Crippen LogP contribution in [0.3, 0.4) is 0 Å². The maximum atomic E-state index is 11.4. The molecule has 3 heteroatoms. The molecular formula is C15H22O3. The first kappa shape index (κ1) is 13.5. The molecule has 0 amide bonds. The van der Waals surface area contributed by atoms with E-state index in [4.69, 9.17) is 0 Å². The van der Waals surface area contributed by atoms with E-state index in [9.17, 15) is 15.0 Å². The molecular weight excluding hydrogens is 228 g/mol. The molecule has 2 aliphatic carbocycles. The van der Waals surface area contributed by atoms with Gasteiger partial charge in [0, 0.05) is 12.3 Å². The third-order valence-electron chi connectivity index (χ3n) is 4.52. The Balaban J connectivity index is 1.94. The maximum Gasteiger partial charge on any atom is 0.161 e. The zero-order valence-electron chi connectivity index (χ0n) is 10.9. The van der Waals surface area contributed by atoms with Gasteiger partial charge in [-0.2, -0.15) is 0 Å². The summed E-state index contributed by atoms with van der Waals surface area (Å²) in [5.74, 6) is 0.575. The maximum absolute atomic E-state index is 11.4. The van der Waals surface area contributed by atoms with E-state index < -0.39 is 12.2 Å². The second-order valence-electron chi connectivity index (χ2n) is 5.53. The zero-order chi connectivity index (χ0) is 13.3. The van der Waals surface area contributed by atoms with Crippen LogP contribution in [0.1, 0.15) is 32.6 Å². The second-order valence-corrected chi connectivity index (χ2v) is 5.53. The van der Waals surface area contributed by atoms with Crippen molar-refractivity contribution in [2.75, 3.05) is 0 Å². The Kier molecular flexibility index (Phi) is 4.03. The van der Waals surface area contributed by atoms with Gasteiger partial charge in [-0.05, 0) is 30.3 Å². The van der Waals surface area contributed by atoms with E-state index in [-0.39, 0.29) is 18.1 Å². The first-order chi connectivity index (χ1) is 8.54. The monoisotopic (exact) mass is 250 g/mol. The summed E-state index contributed by atoms with van der Waals surface area (Å²) in [6.45, 7) is 5.86. The van der Waals surface area contributed by atoms with Gasteiger partial charge in [0.25, 0.3) is 0 Å². The van der Waals surface area contributed by atoms with Crippen molar-refractivity contribution in [3.8, 4) is 0 Å². The molecule has 0 heterocycles. The summed E-state index contributed by atoms with van der Waals surface area (Å²) in [6, 6.07) is 0. The van der Waals surface area contributed by atoms with E-state index in [1.807, 2.05) is 0 Å². The van der Waals surface area contributed by atoms with Crippen LogP contribution in [0.5, 0.6) is 0 Å². The van der Waals surface area contributed by atoms with Crippen LogP contribution in [0.2, 0.25) is 0 Å². The Morgan fingerprint density at radius 2 is 2.22 bits per heavy atom. The summed E-state index contributed by atoms with van der Waals surface area (Å²) in [5.41, 5.74) is 0.464. The Morgan fingerprint density at radius 3 is 2.67 bits per heavy atom. The van der Waals surface area contributed by atoms with E-state index in [0.29, 0.717) is 17.4 Å². The van der Waals surface area contributed by atoms with E-state index in [0.717, 1.165) is 12.8 Å². The lowest BCUT2D eigenvalue weighted by molar-refractivity contribution is -0.115. The summed E-state index contributed by atoms with van der Waals surface area (Å²) in [6.07, 6.45) is 5.90. The smallest absolute Gasteiger partial charge is 0.161 e.